The molecular weight excluding hydrogens is 164 g/mol. The predicted octanol–water partition coefficient (Wildman–Crippen LogP) is 0.944. The second-order valence-corrected chi connectivity index (χ2v) is 3.94. The van der Waals surface area contributed by atoms with Crippen LogP contribution in [-0.4, -0.2) is 31.1 Å². The first-order valence-corrected chi connectivity index (χ1v) is 4.67. The highest BCUT2D eigenvalue weighted by atomic mass is 16.3. The molecule has 1 saturated heterocycles. The predicted molar refractivity (Wildman–Crippen MR) is 51.7 cm³/mol. The molecule has 72 valence electrons. The molecule has 3 nitrogen and oxygen atoms in total. The van der Waals surface area contributed by atoms with E-state index >= 15 is 0 Å². The molecular formula is C10H16N2O. The van der Waals surface area contributed by atoms with Crippen LogP contribution in [0.15, 0.2) is 16.5 Å². The Morgan fingerprint density at radius 3 is 2.69 bits per heavy atom. The molecule has 2 rings (SSSR count). The van der Waals surface area contributed by atoms with E-state index < -0.39 is 0 Å². The molecule has 1 fully saturated rings. The molecule has 2 unspecified atom stereocenters. The molecule has 1 aliphatic rings. The Balaban J connectivity index is 2.17. The van der Waals surface area contributed by atoms with Crippen LogP contribution in [0.2, 0.25) is 0 Å². The van der Waals surface area contributed by atoms with Crippen LogP contribution in [0.3, 0.4) is 0 Å². The number of aryl methyl sites for hydroxylation is 1. The van der Waals surface area contributed by atoms with E-state index in [1.54, 1.807) is 0 Å². The van der Waals surface area contributed by atoms with Crippen LogP contribution in [-0.2, 0) is 0 Å². The van der Waals surface area contributed by atoms with Gasteiger partial charge in [-0.15, -0.1) is 0 Å². The zero-order valence-electron chi connectivity index (χ0n) is 8.16. The first kappa shape index (κ1) is 8.78. The number of likely N-dealkylation sites (N-methyl/N-ethyl adjacent to an activating group) is 1. The van der Waals surface area contributed by atoms with Crippen molar-refractivity contribution >= 4 is 0 Å². The van der Waals surface area contributed by atoms with Gasteiger partial charge in [-0.3, -0.25) is 0 Å². The zero-order valence-corrected chi connectivity index (χ0v) is 8.16. The average molecular weight is 180 g/mol. The van der Waals surface area contributed by atoms with Gasteiger partial charge in [0.15, 0.2) is 0 Å². The molecule has 2 atom stereocenters. The Morgan fingerprint density at radius 2 is 2.23 bits per heavy atom. The number of hydrogen-bond donors (Lipinski definition) is 1. The molecule has 1 aromatic rings. The van der Waals surface area contributed by atoms with Crippen molar-refractivity contribution < 1.29 is 4.42 Å². The summed E-state index contributed by atoms with van der Waals surface area (Å²) in [6, 6.07) is 4.26. The lowest BCUT2D eigenvalue weighted by Crippen LogP contribution is -2.27. The lowest BCUT2D eigenvalue weighted by atomic mass is 10.0. The molecule has 1 aromatic heterocycles. The summed E-state index contributed by atoms with van der Waals surface area (Å²) in [6.07, 6.45) is 0. The van der Waals surface area contributed by atoms with Gasteiger partial charge in [-0.2, -0.15) is 0 Å². The van der Waals surface area contributed by atoms with E-state index in [0.717, 1.165) is 24.6 Å². The van der Waals surface area contributed by atoms with Crippen molar-refractivity contribution in [3.8, 4) is 0 Å². The van der Waals surface area contributed by atoms with Gasteiger partial charge in [0, 0.05) is 25.0 Å². The van der Waals surface area contributed by atoms with Crippen molar-refractivity contribution in [1.29, 1.82) is 0 Å². The number of rotatable bonds is 1. The number of likely N-dealkylation sites (tertiary alicyclic amines) is 1. The third-order valence-electron chi connectivity index (χ3n) is 2.67. The molecule has 2 heterocycles. The van der Waals surface area contributed by atoms with E-state index in [1.165, 1.54) is 0 Å². The lowest BCUT2D eigenvalue weighted by Gasteiger charge is -2.10. The van der Waals surface area contributed by atoms with E-state index in [4.69, 9.17) is 10.2 Å². The Hall–Kier alpha value is -0.800. The van der Waals surface area contributed by atoms with Crippen LogP contribution in [0.4, 0.5) is 0 Å². The van der Waals surface area contributed by atoms with Gasteiger partial charge >= 0.3 is 0 Å². The highest BCUT2D eigenvalue weighted by Gasteiger charge is 2.31. The minimum atomic E-state index is 0.218. The summed E-state index contributed by atoms with van der Waals surface area (Å²) in [5.41, 5.74) is 6.01. The van der Waals surface area contributed by atoms with E-state index in [-0.39, 0.29) is 6.04 Å². The summed E-state index contributed by atoms with van der Waals surface area (Å²) < 4.78 is 5.58. The normalized spacial score (nSPS) is 29.8. The van der Waals surface area contributed by atoms with Gasteiger partial charge in [0.05, 0.1) is 0 Å². The van der Waals surface area contributed by atoms with Gasteiger partial charge in [-0.1, -0.05) is 0 Å². The molecule has 0 saturated carbocycles. The number of nitrogens with zero attached hydrogens (tertiary/aromatic N) is 1. The van der Waals surface area contributed by atoms with Crippen molar-refractivity contribution in [2.24, 2.45) is 5.73 Å². The molecule has 13 heavy (non-hydrogen) atoms. The summed E-state index contributed by atoms with van der Waals surface area (Å²) in [6.45, 7) is 3.94. The van der Waals surface area contributed by atoms with Gasteiger partial charge in [0.1, 0.15) is 11.5 Å². The number of nitrogens with two attached hydrogens (primary N) is 1. The van der Waals surface area contributed by atoms with Crippen LogP contribution in [0, 0.1) is 6.92 Å². The van der Waals surface area contributed by atoms with Crippen molar-refractivity contribution in [3.63, 3.8) is 0 Å². The van der Waals surface area contributed by atoms with E-state index in [2.05, 4.69) is 11.9 Å². The van der Waals surface area contributed by atoms with Gasteiger partial charge in [-0.05, 0) is 26.1 Å². The highest BCUT2D eigenvalue weighted by molar-refractivity contribution is 5.15. The second kappa shape index (κ2) is 3.16. The molecule has 2 N–H and O–H groups in total. The van der Waals surface area contributed by atoms with Gasteiger partial charge in [0.25, 0.3) is 0 Å². The number of furan rings is 1. The highest BCUT2D eigenvalue weighted by Crippen LogP contribution is 2.26. The Kier molecular flexibility index (Phi) is 2.14. The Morgan fingerprint density at radius 1 is 1.46 bits per heavy atom. The smallest absolute Gasteiger partial charge is 0.110 e. The summed E-state index contributed by atoms with van der Waals surface area (Å²) in [5, 5.41) is 0. The Bertz CT molecular complexity index is 295. The van der Waals surface area contributed by atoms with Crippen molar-refractivity contribution in [2.45, 2.75) is 18.9 Å². The fourth-order valence-electron chi connectivity index (χ4n) is 1.99. The molecule has 3 heteroatoms. The maximum Gasteiger partial charge on any atom is 0.110 e. The van der Waals surface area contributed by atoms with Crippen LogP contribution in [0.5, 0.6) is 0 Å². The molecule has 0 aliphatic carbocycles. The molecule has 1 aliphatic heterocycles. The summed E-state index contributed by atoms with van der Waals surface area (Å²) in [4.78, 5) is 2.24. The third kappa shape index (κ3) is 1.62. The SMILES string of the molecule is Cc1ccc(C2CN(C)CC2N)o1. The molecule has 0 bridgehead atoms. The second-order valence-electron chi connectivity index (χ2n) is 3.94. The van der Waals surface area contributed by atoms with Crippen LogP contribution in [0.25, 0.3) is 0 Å². The van der Waals surface area contributed by atoms with E-state index in [1.807, 2.05) is 19.1 Å². The first-order chi connectivity index (χ1) is 6.16. The summed E-state index contributed by atoms with van der Waals surface area (Å²) in [5.74, 6) is 2.38. The third-order valence-corrected chi connectivity index (χ3v) is 2.67. The van der Waals surface area contributed by atoms with Crippen molar-refractivity contribution in [3.05, 3.63) is 23.7 Å². The minimum absolute atomic E-state index is 0.218. The maximum absolute atomic E-state index is 6.01. The van der Waals surface area contributed by atoms with Crippen molar-refractivity contribution in [1.82, 2.24) is 4.90 Å². The number of hydrogen-bond acceptors (Lipinski definition) is 3. The zero-order chi connectivity index (χ0) is 9.42. The topological polar surface area (TPSA) is 42.4 Å². The summed E-state index contributed by atoms with van der Waals surface area (Å²) >= 11 is 0. The fourth-order valence-corrected chi connectivity index (χ4v) is 1.99. The standard InChI is InChI=1S/C10H16N2O/c1-7-3-4-10(13-7)8-5-12(2)6-9(8)11/h3-4,8-9H,5-6,11H2,1-2H3. The first-order valence-electron chi connectivity index (χ1n) is 4.67. The van der Waals surface area contributed by atoms with Crippen LogP contribution < -0.4 is 5.73 Å². The minimum Gasteiger partial charge on any atom is -0.466 e. The van der Waals surface area contributed by atoms with Crippen LogP contribution >= 0.6 is 0 Å². The quantitative estimate of drug-likeness (QED) is 0.699. The van der Waals surface area contributed by atoms with Gasteiger partial charge in [0.2, 0.25) is 0 Å². The average Bonchev–Trinajstić information content (AvgIpc) is 2.58. The molecule has 0 radical (unpaired) electrons. The van der Waals surface area contributed by atoms with E-state index in [9.17, 15) is 0 Å². The fraction of sp³-hybridized carbons (Fsp3) is 0.600. The van der Waals surface area contributed by atoms with Crippen LogP contribution in [0.1, 0.15) is 17.4 Å². The molecule has 0 spiro atoms. The lowest BCUT2D eigenvalue weighted by molar-refractivity contribution is 0.393. The molecule has 0 amide bonds. The maximum atomic E-state index is 6.01. The van der Waals surface area contributed by atoms with Gasteiger partial charge < -0.3 is 15.1 Å². The van der Waals surface area contributed by atoms with Crippen molar-refractivity contribution in [2.75, 3.05) is 20.1 Å². The molecule has 0 aromatic carbocycles. The Labute approximate surface area is 78.5 Å². The van der Waals surface area contributed by atoms with Gasteiger partial charge in [-0.25, -0.2) is 0 Å². The largest absolute Gasteiger partial charge is 0.466 e. The summed E-state index contributed by atoms with van der Waals surface area (Å²) in [7, 11) is 2.09. The monoisotopic (exact) mass is 180 g/mol. The van der Waals surface area contributed by atoms with E-state index in [0.29, 0.717) is 5.92 Å².